The SMILES string of the molecule is Cn1c2c(c(=O)n(C)c1=O)C(c1ccccc1)c1c(n(C)c(=O)n(C)c1=O)N2. The quantitative estimate of drug-likeness (QED) is 0.489. The first-order chi connectivity index (χ1) is 13.3. The number of nitrogens with zero attached hydrogens (tertiary/aromatic N) is 4. The predicted octanol–water partition coefficient (Wildman–Crippen LogP) is -0.281. The third-order valence-electron chi connectivity index (χ3n) is 5.35. The number of nitrogens with one attached hydrogen (secondary N) is 1. The maximum absolute atomic E-state index is 13.1. The van der Waals surface area contributed by atoms with Crippen LogP contribution in [0.3, 0.4) is 0 Å². The molecule has 0 spiro atoms. The molecule has 1 aromatic carbocycles. The highest BCUT2D eigenvalue weighted by atomic mass is 16.2. The minimum absolute atomic E-state index is 0.276. The van der Waals surface area contributed by atoms with Gasteiger partial charge in [0.1, 0.15) is 11.6 Å². The van der Waals surface area contributed by atoms with Crippen molar-refractivity contribution in [3.05, 3.63) is 88.7 Å². The van der Waals surface area contributed by atoms with Crippen LogP contribution in [0.2, 0.25) is 0 Å². The molecule has 2 aromatic heterocycles. The molecule has 0 atom stereocenters. The standard InChI is InChI=1S/C19H19N5O4/c1-21-14-12(16(25)23(3)18(21)27)11(10-8-6-5-7-9-10)13-15(20-14)22(2)19(28)24(4)17(13)26/h5-9,11,20H,1-4H3. The molecule has 0 aliphatic carbocycles. The van der Waals surface area contributed by atoms with Crippen LogP contribution in [0, 0.1) is 0 Å². The zero-order chi connectivity index (χ0) is 20.3. The summed E-state index contributed by atoms with van der Waals surface area (Å²) in [4.78, 5) is 51.0. The van der Waals surface area contributed by atoms with E-state index in [2.05, 4.69) is 5.32 Å². The highest BCUT2D eigenvalue weighted by Gasteiger charge is 2.36. The minimum Gasteiger partial charge on any atom is -0.327 e. The van der Waals surface area contributed by atoms with E-state index in [1.54, 1.807) is 14.1 Å². The first-order valence-corrected chi connectivity index (χ1v) is 8.67. The van der Waals surface area contributed by atoms with E-state index in [0.717, 1.165) is 14.7 Å². The number of benzene rings is 1. The van der Waals surface area contributed by atoms with Crippen LogP contribution in [0.25, 0.3) is 0 Å². The maximum Gasteiger partial charge on any atom is 0.332 e. The third kappa shape index (κ3) is 2.19. The minimum atomic E-state index is -0.719. The van der Waals surface area contributed by atoms with Gasteiger partial charge in [-0.2, -0.15) is 0 Å². The number of fused-ring (bicyclic) bond motifs is 2. The van der Waals surface area contributed by atoms with Gasteiger partial charge in [0, 0.05) is 28.2 Å². The third-order valence-corrected chi connectivity index (χ3v) is 5.35. The molecule has 1 aliphatic rings. The lowest BCUT2D eigenvalue weighted by molar-refractivity contribution is 0.637. The Balaban J connectivity index is 2.24. The van der Waals surface area contributed by atoms with Crippen molar-refractivity contribution in [3.63, 3.8) is 0 Å². The smallest absolute Gasteiger partial charge is 0.327 e. The topological polar surface area (TPSA) is 100 Å². The Bertz CT molecular complexity index is 1270. The van der Waals surface area contributed by atoms with E-state index in [0.29, 0.717) is 11.1 Å². The van der Waals surface area contributed by atoms with Crippen molar-refractivity contribution in [3.8, 4) is 0 Å². The number of aromatic nitrogens is 4. The van der Waals surface area contributed by atoms with Gasteiger partial charge in [-0.15, -0.1) is 0 Å². The summed E-state index contributed by atoms with van der Waals surface area (Å²) in [6.45, 7) is 0. The van der Waals surface area contributed by atoms with Gasteiger partial charge < -0.3 is 5.32 Å². The van der Waals surface area contributed by atoms with Gasteiger partial charge in [0.25, 0.3) is 11.1 Å². The molecule has 0 radical (unpaired) electrons. The van der Waals surface area contributed by atoms with E-state index >= 15 is 0 Å². The van der Waals surface area contributed by atoms with Gasteiger partial charge in [-0.05, 0) is 5.56 Å². The molecule has 9 nitrogen and oxygen atoms in total. The molecular formula is C19H19N5O4. The molecule has 3 aromatic rings. The summed E-state index contributed by atoms with van der Waals surface area (Å²) < 4.78 is 4.68. The Kier molecular flexibility index (Phi) is 3.77. The van der Waals surface area contributed by atoms with Gasteiger partial charge in [0.2, 0.25) is 0 Å². The maximum atomic E-state index is 13.1. The van der Waals surface area contributed by atoms with E-state index in [1.807, 2.05) is 30.3 Å². The molecule has 1 aliphatic heterocycles. The second-order valence-corrected chi connectivity index (χ2v) is 6.90. The average molecular weight is 381 g/mol. The summed E-state index contributed by atoms with van der Waals surface area (Å²) >= 11 is 0. The molecule has 9 heteroatoms. The lowest BCUT2D eigenvalue weighted by Gasteiger charge is -2.31. The predicted molar refractivity (Wildman–Crippen MR) is 105 cm³/mol. The second kappa shape index (κ2) is 5.95. The van der Waals surface area contributed by atoms with Crippen molar-refractivity contribution in [1.29, 1.82) is 0 Å². The van der Waals surface area contributed by atoms with Crippen LogP contribution in [-0.2, 0) is 28.2 Å². The Labute approximate surface area is 158 Å². The first kappa shape index (κ1) is 17.8. The number of hydrogen-bond donors (Lipinski definition) is 1. The normalized spacial score (nSPS) is 13.0. The van der Waals surface area contributed by atoms with Crippen LogP contribution < -0.4 is 27.8 Å². The highest BCUT2D eigenvalue weighted by molar-refractivity contribution is 5.70. The molecule has 0 amide bonds. The molecule has 144 valence electrons. The zero-order valence-electron chi connectivity index (χ0n) is 15.9. The molecule has 28 heavy (non-hydrogen) atoms. The summed E-state index contributed by atoms with van der Waals surface area (Å²) in [5.41, 5.74) is -0.668. The van der Waals surface area contributed by atoms with Crippen molar-refractivity contribution >= 4 is 11.6 Å². The van der Waals surface area contributed by atoms with Crippen LogP contribution >= 0.6 is 0 Å². The van der Waals surface area contributed by atoms with Crippen molar-refractivity contribution in [2.75, 3.05) is 5.32 Å². The molecule has 0 saturated carbocycles. The van der Waals surface area contributed by atoms with Gasteiger partial charge in [0.15, 0.2) is 0 Å². The Hall–Kier alpha value is -3.62. The highest BCUT2D eigenvalue weighted by Crippen LogP contribution is 2.40. The van der Waals surface area contributed by atoms with E-state index in [-0.39, 0.29) is 11.6 Å². The molecule has 1 N–H and O–H groups in total. The number of rotatable bonds is 1. The largest absolute Gasteiger partial charge is 0.332 e. The Morgan fingerprint density at radius 2 is 1.11 bits per heavy atom. The summed E-state index contributed by atoms with van der Waals surface area (Å²) in [6.07, 6.45) is 0. The van der Waals surface area contributed by atoms with Crippen LogP contribution in [-0.4, -0.2) is 18.3 Å². The van der Waals surface area contributed by atoms with E-state index in [1.165, 1.54) is 23.2 Å². The first-order valence-electron chi connectivity index (χ1n) is 8.67. The summed E-state index contributed by atoms with van der Waals surface area (Å²) in [6, 6.07) is 9.10. The fourth-order valence-electron chi connectivity index (χ4n) is 3.80. The molecule has 3 heterocycles. The van der Waals surface area contributed by atoms with Crippen molar-refractivity contribution < 1.29 is 0 Å². The van der Waals surface area contributed by atoms with Gasteiger partial charge in [0.05, 0.1) is 17.0 Å². The molecule has 0 saturated heterocycles. The van der Waals surface area contributed by atoms with E-state index in [9.17, 15) is 19.2 Å². The summed E-state index contributed by atoms with van der Waals surface area (Å²) in [7, 11) is 5.89. The lowest BCUT2D eigenvalue weighted by Crippen LogP contribution is -2.47. The monoisotopic (exact) mass is 381 g/mol. The van der Waals surface area contributed by atoms with Gasteiger partial charge in [-0.1, -0.05) is 30.3 Å². The van der Waals surface area contributed by atoms with Crippen molar-refractivity contribution in [1.82, 2.24) is 18.3 Å². The average Bonchev–Trinajstić information content (AvgIpc) is 2.72. The number of hydrogen-bond acceptors (Lipinski definition) is 5. The Morgan fingerprint density at radius 3 is 1.54 bits per heavy atom. The second-order valence-electron chi connectivity index (χ2n) is 6.90. The van der Waals surface area contributed by atoms with Gasteiger partial charge >= 0.3 is 11.4 Å². The van der Waals surface area contributed by atoms with Crippen molar-refractivity contribution in [2.45, 2.75) is 5.92 Å². The Morgan fingerprint density at radius 1 is 0.679 bits per heavy atom. The summed E-state index contributed by atoms with van der Waals surface area (Å²) in [5.74, 6) is -0.168. The lowest BCUT2D eigenvalue weighted by atomic mass is 9.84. The van der Waals surface area contributed by atoms with Gasteiger partial charge in [-0.25, -0.2) is 9.59 Å². The van der Waals surface area contributed by atoms with Crippen LogP contribution in [0.15, 0.2) is 49.5 Å². The van der Waals surface area contributed by atoms with Crippen LogP contribution in [0.5, 0.6) is 0 Å². The van der Waals surface area contributed by atoms with Crippen LogP contribution in [0.4, 0.5) is 11.6 Å². The fourth-order valence-corrected chi connectivity index (χ4v) is 3.80. The number of anilines is 2. The molecule has 0 unspecified atom stereocenters. The molecule has 0 fully saturated rings. The van der Waals surface area contributed by atoms with Crippen LogP contribution in [0.1, 0.15) is 22.6 Å². The van der Waals surface area contributed by atoms with Gasteiger partial charge in [-0.3, -0.25) is 27.9 Å². The fraction of sp³-hybridized carbons (Fsp3) is 0.263. The van der Waals surface area contributed by atoms with Crippen molar-refractivity contribution in [2.24, 2.45) is 28.2 Å². The van der Waals surface area contributed by atoms with E-state index in [4.69, 9.17) is 0 Å². The molecule has 0 bridgehead atoms. The van der Waals surface area contributed by atoms with E-state index < -0.39 is 28.4 Å². The molecular weight excluding hydrogens is 362 g/mol. The zero-order valence-corrected chi connectivity index (χ0v) is 15.9. The summed E-state index contributed by atoms with van der Waals surface area (Å²) in [5, 5.41) is 2.99. The molecule has 4 rings (SSSR count).